The van der Waals surface area contributed by atoms with Crippen LogP contribution in [0.2, 0.25) is 0 Å². The van der Waals surface area contributed by atoms with Gasteiger partial charge in [-0.3, -0.25) is 14.2 Å². The molecule has 0 aliphatic heterocycles. The fourth-order valence-corrected chi connectivity index (χ4v) is 4.81. The fraction of sp³-hybridized carbons (Fsp3) is 0.267. The number of rotatable bonds is 11. The van der Waals surface area contributed by atoms with Crippen LogP contribution in [-0.2, 0) is 9.59 Å². The molecule has 1 atom stereocenters. The molecule has 3 aromatic carbocycles. The first kappa shape index (κ1) is 28.7. The number of hydrogen-bond acceptors (Lipinski definition) is 7. The van der Waals surface area contributed by atoms with Gasteiger partial charge in [-0.2, -0.15) is 0 Å². The van der Waals surface area contributed by atoms with Crippen LogP contribution in [0.3, 0.4) is 0 Å². The quantitative estimate of drug-likeness (QED) is 0.210. The maximum absolute atomic E-state index is 12.8. The van der Waals surface area contributed by atoms with Crippen molar-refractivity contribution >= 4 is 35.0 Å². The van der Waals surface area contributed by atoms with Crippen molar-refractivity contribution in [1.29, 1.82) is 0 Å². The van der Waals surface area contributed by atoms with Gasteiger partial charge in [-0.25, -0.2) is 0 Å². The molecule has 0 spiro atoms. The number of hydrogen-bond donors (Lipinski definition) is 2. The molecule has 10 heteroatoms. The zero-order chi connectivity index (χ0) is 28.6. The predicted molar refractivity (Wildman–Crippen MR) is 158 cm³/mol. The van der Waals surface area contributed by atoms with Crippen LogP contribution in [0.4, 0.5) is 11.4 Å². The van der Waals surface area contributed by atoms with Crippen LogP contribution in [-0.4, -0.2) is 39.4 Å². The smallest absolute Gasteiger partial charge is 0.234 e. The minimum atomic E-state index is -0.396. The summed E-state index contributed by atoms with van der Waals surface area (Å²) in [5, 5.41) is 15.0. The Hall–Kier alpha value is -4.31. The third-order valence-electron chi connectivity index (χ3n) is 6.02. The second-order valence-electron chi connectivity index (χ2n) is 9.43. The van der Waals surface area contributed by atoms with Gasteiger partial charge in [0.15, 0.2) is 17.1 Å². The molecule has 2 amide bonds. The molecule has 40 heavy (non-hydrogen) atoms. The third kappa shape index (κ3) is 7.20. The van der Waals surface area contributed by atoms with Crippen LogP contribution in [0.1, 0.15) is 51.1 Å². The third-order valence-corrected chi connectivity index (χ3v) is 6.95. The molecule has 0 saturated carbocycles. The van der Waals surface area contributed by atoms with Gasteiger partial charge in [-0.15, -0.1) is 10.2 Å². The van der Waals surface area contributed by atoms with Crippen molar-refractivity contribution < 1.29 is 19.1 Å². The van der Waals surface area contributed by atoms with Crippen molar-refractivity contribution in [3.63, 3.8) is 0 Å². The van der Waals surface area contributed by atoms with E-state index in [4.69, 9.17) is 9.47 Å². The normalized spacial score (nSPS) is 11.7. The van der Waals surface area contributed by atoms with Crippen molar-refractivity contribution in [3.8, 4) is 17.2 Å². The summed E-state index contributed by atoms with van der Waals surface area (Å²) in [5.74, 6) is 1.93. The number of benzene rings is 3. The predicted octanol–water partition coefficient (Wildman–Crippen LogP) is 6.23. The van der Waals surface area contributed by atoms with Gasteiger partial charge in [0.1, 0.15) is 11.5 Å². The number of para-hydroxylation sites is 1. The number of anilines is 2. The fourth-order valence-electron chi connectivity index (χ4n) is 4.05. The number of amides is 2. The lowest BCUT2D eigenvalue weighted by molar-refractivity contribution is -0.114. The summed E-state index contributed by atoms with van der Waals surface area (Å²) in [6, 6.07) is 22.8. The standard InChI is InChI=1S/C30H33N5O4S/c1-19(2)22-11-14-25(15-12-22)39-20(3)29-33-34-30(35(29)24-9-7-6-8-10-24)40-18-28(37)32-23-13-16-27(38-5)26(17-23)31-21(4)36/h6-17,19-20H,18H2,1-5H3,(H,31,36)(H,32,37). The van der Waals surface area contributed by atoms with Gasteiger partial charge in [0.05, 0.1) is 18.6 Å². The molecule has 0 radical (unpaired) electrons. The van der Waals surface area contributed by atoms with E-state index in [9.17, 15) is 9.59 Å². The summed E-state index contributed by atoms with van der Waals surface area (Å²) in [4.78, 5) is 24.4. The van der Waals surface area contributed by atoms with Crippen molar-refractivity contribution in [2.45, 2.75) is 44.9 Å². The number of carbonyl (C=O) groups excluding carboxylic acids is 2. The Bertz CT molecular complexity index is 1450. The van der Waals surface area contributed by atoms with Crippen molar-refractivity contribution in [2.24, 2.45) is 0 Å². The summed E-state index contributed by atoms with van der Waals surface area (Å²) in [5.41, 5.74) is 3.11. The monoisotopic (exact) mass is 559 g/mol. The van der Waals surface area contributed by atoms with Gasteiger partial charge in [0.25, 0.3) is 0 Å². The zero-order valence-electron chi connectivity index (χ0n) is 23.2. The van der Waals surface area contributed by atoms with Gasteiger partial charge in [0.2, 0.25) is 11.8 Å². The molecule has 0 bridgehead atoms. The molecule has 9 nitrogen and oxygen atoms in total. The van der Waals surface area contributed by atoms with E-state index in [1.54, 1.807) is 18.2 Å². The second-order valence-corrected chi connectivity index (χ2v) is 10.4. The molecule has 2 N–H and O–H groups in total. The lowest BCUT2D eigenvalue weighted by Crippen LogP contribution is -2.16. The Morgan fingerprint density at radius 1 is 0.950 bits per heavy atom. The van der Waals surface area contributed by atoms with Gasteiger partial charge < -0.3 is 20.1 Å². The number of nitrogens with one attached hydrogen (secondary N) is 2. The Morgan fingerprint density at radius 3 is 2.33 bits per heavy atom. The van der Waals surface area contributed by atoms with Crippen molar-refractivity contribution in [2.75, 3.05) is 23.5 Å². The molecule has 1 heterocycles. The Balaban J connectivity index is 1.50. The van der Waals surface area contributed by atoms with Crippen molar-refractivity contribution in [3.05, 3.63) is 84.2 Å². The van der Waals surface area contributed by atoms with E-state index in [0.717, 1.165) is 11.4 Å². The Kier molecular flexibility index (Phi) is 9.44. The van der Waals surface area contributed by atoms with Crippen LogP contribution in [0.15, 0.2) is 78.0 Å². The van der Waals surface area contributed by atoms with Crippen LogP contribution < -0.4 is 20.1 Å². The van der Waals surface area contributed by atoms with Gasteiger partial charge in [-0.05, 0) is 60.9 Å². The maximum Gasteiger partial charge on any atom is 0.234 e. The lowest BCUT2D eigenvalue weighted by Gasteiger charge is -2.17. The molecule has 1 unspecified atom stereocenters. The largest absolute Gasteiger partial charge is 0.495 e. The Labute approximate surface area is 238 Å². The van der Waals surface area contributed by atoms with Gasteiger partial charge in [-0.1, -0.05) is 55.9 Å². The first-order valence-electron chi connectivity index (χ1n) is 12.9. The van der Waals surface area contributed by atoms with Crippen molar-refractivity contribution in [1.82, 2.24) is 14.8 Å². The highest BCUT2D eigenvalue weighted by atomic mass is 32.2. The second kappa shape index (κ2) is 13.2. The SMILES string of the molecule is COc1ccc(NC(=O)CSc2nnc(C(C)Oc3ccc(C(C)C)cc3)n2-c2ccccc2)cc1NC(C)=O. The van der Waals surface area contributed by atoms with Gasteiger partial charge >= 0.3 is 0 Å². The molecule has 0 aliphatic rings. The number of ether oxygens (including phenoxy) is 2. The molecule has 0 fully saturated rings. The summed E-state index contributed by atoms with van der Waals surface area (Å²) in [7, 11) is 1.51. The summed E-state index contributed by atoms with van der Waals surface area (Å²) in [6.07, 6.45) is -0.396. The van der Waals surface area contributed by atoms with E-state index in [1.807, 2.05) is 54.0 Å². The summed E-state index contributed by atoms with van der Waals surface area (Å²) >= 11 is 1.27. The number of thioether (sulfide) groups is 1. The number of carbonyl (C=O) groups is 2. The van der Waals surface area contributed by atoms with Crippen LogP contribution in [0.5, 0.6) is 11.5 Å². The Morgan fingerprint density at radius 2 is 1.68 bits per heavy atom. The molecule has 0 saturated heterocycles. The van der Waals surface area contributed by atoms with E-state index in [1.165, 1.54) is 31.4 Å². The first-order valence-corrected chi connectivity index (χ1v) is 13.9. The minimum Gasteiger partial charge on any atom is -0.495 e. The molecule has 4 aromatic rings. The van der Waals surface area contributed by atoms with Crippen LogP contribution in [0, 0.1) is 0 Å². The minimum absolute atomic E-state index is 0.0956. The first-order chi connectivity index (χ1) is 19.2. The highest BCUT2D eigenvalue weighted by Gasteiger charge is 2.22. The molecule has 1 aromatic heterocycles. The zero-order valence-corrected chi connectivity index (χ0v) is 24.0. The topological polar surface area (TPSA) is 107 Å². The molecule has 208 valence electrons. The molecule has 4 rings (SSSR count). The van der Waals surface area contributed by atoms with E-state index in [0.29, 0.717) is 34.0 Å². The highest BCUT2D eigenvalue weighted by Crippen LogP contribution is 2.30. The number of nitrogens with zero attached hydrogens (tertiary/aromatic N) is 3. The average Bonchev–Trinajstić information content (AvgIpc) is 3.37. The number of aromatic nitrogens is 3. The summed E-state index contributed by atoms with van der Waals surface area (Å²) < 4.78 is 13.4. The lowest BCUT2D eigenvalue weighted by atomic mass is 10.0. The van der Waals surface area contributed by atoms with E-state index in [-0.39, 0.29) is 17.6 Å². The summed E-state index contributed by atoms with van der Waals surface area (Å²) in [6.45, 7) is 7.64. The van der Waals surface area contributed by atoms with E-state index >= 15 is 0 Å². The molecular formula is C30H33N5O4S. The average molecular weight is 560 g/mol. The molecular weight excluding hydrogens is 526 g/mol. The maximum atomic E-state index is 12.8. The van der Waals surface area contributed by atoms with Crippen LogP contribution in [0.25, 0.3) is 5.69 Å². The number of methoxy groups -OCH3 is 1. The molecule has 0 aliphatic carbocycles. The highest BCUT2D eigenvalue weighted by molar-refractivity contribution is 7.99. The van der Waals surface area contributed by atoms with E-state index in [2.05, 4.69) is 46.8 Å². The van der Waals surface area contributed by atoms with Crippen LogP contribution >= 0.6 is 11.8 Å². The van der Waals surface area contributed by atoms with Gasteiger partial charge in [0, 0.05) is 18.3 Å². The van der Waals surface area contributed by atoms with E-state index < -0.39 is 6.10 Å².